The molecule has 0 unspecified atom stereocenters. The standard InChI is InChI=1S/C27H18IN3O7S/c1-37-23-11-16(10-21(28)25(23)38-15-19-5-3-2-4-18(19)13-29)12-24-26(33)30(27(34)39-24)14-22(32)17-6-8-20(9-7-17)31(35)36/h2-12H,14-15H2,1H3/b24-12+. The van der Waals surface area contributed by atoms with Crippen molar-refractivity contribution in [3.8, 4) is 17.6 Å². The van der Waals surface area contributed by atoms with Crippen LogP contribution in [0.25, 0.3) is 6.08 Å². The molecule has 1 aliphatic rings. The van der Waals surface area contributed by atoms with Gasteiger partial charge in [0.25, 0.3) is 16.8 Å². The minimum absolute atomic E-state index is 0.131. The fourth-order valence-corrected chi connectivity index (χ4v) is 5.28. The summed E-state index contributed by atoms with van der Waals surface area (Å²) < 4.78 is 12.1. The van der Waals surface area contributed by atoms with E-state index in [0.29, 0.717) is 38.0 Å². The number of nitro groups is 1. The number of amides is 2. The van der Waals surface area contributed by atoms with Gasteiger partial charge in [-0.3, -0.25) is 29.4 Å². The first-order chi connectivity index (χ1) is 18.7. The topological polar surface area (TPSA) is 140 Å². The number of nitriles is 1. The van der Waals surface area contributed by atoms with Crippen molar-refractivity contribution in [3.05, 3.63) is 102 Å². The molecule has 0 bridgehead atoms. The summed E-state index contributed by atoms with van der Waals surface area (Å²) in [5, 5.41) is 19.5. The summed E-state index contributed by atoms with van der Waals surface area (Å²) in [5.74, 6) is -0.285. The Morgan fingerprint density at radius 1 is 1.18 bits per heavy atom. The number of rotatable bonds is 9. The summed E-state index contributed by atoms with van der Waals surface area (Å²) in [5.41, 5.74) is 1.78. The van der Waals surface area contributed by atoms with Crippen molar-refractivity contribution in [2.24, 2.45) is 0 Å². The third-order valence-corrected chi connectivity index (χ3v) is 7.34. The largest absolute Gasteiger partial charge is 0.493 e. The van der Waals surface area contributed by atoms with E-state index in [2.05, 4.69) is 28.7 Å². The number of hydrogen-bond donors (Lipinski definition) is 0. The molecular formula is C27H18IN3O7S. The minimum atomic E-state index is -0.623. The Bertz CT molecular complexity index is 1560. The number of ether oxygens (including phenoxy) is 2. The van der Waals surface area contributed by atoms with Crippen LogP contribution in [0.4, 0.5) is 10.5 Å². The van der Waals surface area contributed by atoms with E-state index in [-0.39, 0.29) is 22.8 Å². The van der Waals surface area contributed by atoms with Gasteiger partial charge in [0.1, 0.15) is 6.61 Å². The zero-order valence-electron chi connectivity index (χ0n) is 20.3. The lowest BCUT2D eigenvalue weighted by atomic mass is 10.1. The molecule has 0 aliphatic carbocycles. The second kappa shape index (κ2) is 12.1. The number of benzene rings is 3. The van der Waals surface area contributed by atoms with Crippen LogP contribution >= 0.6 is 34.4 Å². The first-order valence-corrected chi connectivity index (χ1v) is 13.1. The number of halogens is 1. The minimum Gasteiger partial charge on any atom is -0.493 e. The Kier molecular flexibility index (Phi) is 8.62. The molecular weight excluding hydrogens is 637 g/mol. The van der Waals surface area contributed by atoms with E-state index in [1.165, 1.54) is 37.5 Å². The molecule has 0 radical (unpaired) electrons. The zero-order chi connectivity index (χ0) is 28.1. The number of ketones is 1. The Labute approximate surface area is 240 Å². The van der Waals surface area contributed by atoms with Crippen LogP contribution in [-0.2, 0) is 11.4 Å². The molecule has 2 amide bonds. The highest BCUT2D eigenvalue weighted by molar-refractivity contribution is 14.1. The van der Waals surface area contributed by atoms with Gasteiger partial charge in [-0.2, -0.15) is 5.26 Å². The number of Topliss-reactive ketones (excluding diaryl/α,β-unsaturated/α-hetero) is 1. The Morgan fingerprint density at radius 3 is 2.56 bits per heavy atom. The lowest BCUT2D eigenvalue weighted by Crippen LogP contribution is -2.33. The van der Waals surface area contributed by atoms with Crippen LogP contribution in [0.3, 0.4) is 0 Å². The van der Waals surface area contributed by atoms with Crippen LogP contribution in [0, 0.1) is 25.0 Å². The number of methoxy groups -OCH3 is 1. The van der Waals surface area contributed by atoms with Crippen LogP contribution in [0.2, 0.25) is 0 Å². The zero-order valence-corrected chi connectivity index (χ0v) is 23.2. The third kappa shape index (κ3) is 6.27. The molecule has 196 valence electrons. The predicted molar refractivity (Wildman–Crippen MR) is 151 cm³/mol. The van der Waals surface area contributed by atoms with Gasteiger partial charge in [-0.25, -0.2) is 0 Å². The van der Waals surface area contributed by atoms with Gasteiger partial charge < -0.3 is 9.47 Å². The highest BCUT2D eigenvalue weighted by Gasteiger charge is 2.36. The smallest absolute Gasteiger partial charge is 0.293 e. The Morgan fingerprint density at radius 2 is 1.90 bits per heavy atom. The van der Waals surface area contributed by atoms with Crippen molar-refractivity contribution in [3.63, 3.8) is 0 Å². The molecule has 0 atom stereocenters. The highest BCUT2D eigenvalue weighted by atomic mass is 127. The predicted octanol–water partition coefficient (Wildman–Crippen LogP) is 5.58. The molecule has 1 fully saturated rings. The Balaban J connectivity index is 1.50. The number of thioether (sulfide) groups is 1. The highest BCUT2D eigenvalue weighted by Crippen LogP contribution is 2.38. The fourth-order valence-electron chi connectivity index (χ4n) is 3.66. The monoisotopic (exact) mass is 655 g/mol. The van der Waals surface area contributed by atoms with E-state index in [1.807, 2.05) is 6.07 Å². The molecule has 39 heavy (non-hydrogen) atoms. The van der Waals surface area contributed by atoms with Crippen LogP contribution in [-0.4, -0.2) is 40.4 Å². The third-order valence-electron chi connectivity index (χ3n) is 5.63. The van der Waals surface area contributed by atoms with E-state index in [9.17, 15) is 29.8 Å². The summed E-state index contributed by atoms with van der Waals surface area (Å²) in [6.45, 7) is -0.339. The molecule has 0 aromatic heterocycles. The maximum atomic E-state index is 12.9. The lowest BCUT2D eigenvalue weighted by Gasteiger charge is -2.14. The van der Waals surface area contributed by atoms with E-state index in [4.69, 9.17) is 9.47 Å². The molecule has 1 heterocycles. The van der Waals surface area contributed by atoms with Crippen molar-refractivity contribution in [1.29, 1.82) is 5.26 Å². The van der Waals surface area contributed by atoms with Crippen LogP contribution in [0.1, 0.15) is 27.0 Å². The van der Waals surface area contributed by atoms with Crippen LogP contribution < -0.4 is 9.47 Å². The van der Waals surface area contributed by atoms with Crippen LogP contribution in [0.15, 0.2) is 65.6 Å². The quantitative estimate of drug-likeness (QED) is 0.0951. The van der Waals surface area contributed by atoms with Crippen molar-refractivity contribution >= 4 is 63.0 Å². The molecule has 4 rings (SSSR count). The van der Waals surface area contributed by atoms with Gasteiger partial charge in [-0.15, -0.1) is 0 Å². The van der Waals surface area contributed by atoms with E-state index < -0.39 is 28.4 Å². The summed E-state index contributed by atoms with van der Waals surface area (Å²) in [4.78, 5) is 49.3. The number of imide groups is 1. The van der Waals surface area contributed by atoms with Gasteiger partial charge in [-0.1, -0.05) is 18.2 Å². The molecule has 3 aromatic rings. The average molecular weight is 655 g/mol. The van der Waals surface area contributed by atoms with E-state index in [1.54, 1.807) is 30.3 Å². The first kappa shape index (κ1) is 27.8. The second-order valence-corrected chi connectivity index (χ2v) is 10.2. The van der Waals surface area contributed by atoms with Crippen molar-refractivity contribution in [2.75, 3.05) is 13.7 Å². The number of non-ortho nitro benzene ring substituents is 1. The van der Waals surface area contributed by atoms with E-state index in [0.717, 1.165) is 10.5 Å². The number of carbonyl (C=O) groups excluding carboxylic acids is 3. The summed E-state index contributed by atoms with van der Waals surface area (Å²) in [7, 11) is 1.48. The number of nitro benzene ring substituents is 1. The summed E-state index contributed by atoms with van der Waals surface area (Å²) in [6.07, 6.45) is 1.53. The van der Waals surface area contributed by atoms with Crippen molar-refractivity contribution in [2.45, 2.75) is 6.61 Å². The van der Waals surface area contributed by atoms with Gasteiger partial charge >= 0.3 is 0 Å². The molecule has 0 saturated carbocycles. The number of hydrogen-bond acceptors (Lipinski definition) is 9. The second-order valence-electron chi connectivity index (χ2n) is 8.09. The molecule has 12 heteroatoms. The lowest BCUT2D eigenvalue weighted by molar-refractivity contribution is -0.384. The fraction of sp³-hybridized carbons (Fsp3) is 0.111. The molecule has 0 spiro atoms. The average Bonchev–Trinajstić information content (AvgIpc) is 3.19. The molecule has 1 aliphatic heterocycles. The maximum Gasteiger partial charge on any atom is 0.293 e. The van der Waals surface area contributed by atoms with E-state index >= 15 is 0 Å². The normalized spacial score (nSPS) is 13.9. The Hall–Kier alpha value is -4.22. The molecule has 0 N–H and O–H groups in total. The first-order valence-electron chi connectivity index (χ1n) is 11.2. The number of carbonyl (C=O) groups is 3. The molecule has 1 saturated heterocycles. The SMILES string of the molecule is COc1cc(/C=C2/SC(=O)N(CC(=O)c3ccc([N+](=O)[O-])cc3)C2=O)cc(I)c1OCc1ccccc1C#N. The van der Waals surface area contributed by atoms with Gasteiger partial charge in [0.2, 0.25) is 0 Å². The maximum absolute atomic E-state index is 12.9. The summed E-state index contributed by atoms with van der Waals surface area (Å²) >= 11 is 2.78. The molecule has 3 aromatic carbocycles. The van der Waals surface area contributed by atoms with Crippen molar-refractivity contribution in [1.82, 2.24) is 4.90 Å². The van der Waals surface area contributed by atoms with Crippen LogP contribution in [0.5, 0.6) is 11.5 Å². The van der Waals surface area contributed by atoms with Gasteiger partial charge in [0, 0.05) is 23.3 Å². The number of nitrogens with zero attached hydrogens (tertiary/aromatic N) is 3. The van der Waals surface area contributed by atoms with Gasteiger partial charge in [0.05, 0.1) is 38.7 Å². The summed E-state index contributed by atoms with van der Waals surface area (Å²) in [6, 6.07) is 17.6. The van der Waals surface area contributed by atoms with Crippen molar-refractivity contribution < 1.29 is 28.8 Å². The molecule has 10 nitrogen and oxygen atoms in total. The van der Waals surface area contributed by atoms with Gasteiger partial charge in [-0.05, 0) is 76.3 Å². The van der Waals surface area contributed by atoms with Gasteiger partial charge in [0.15, 0.2) is 17.3 Å².